The van der Waals surface area contributed by atoms with Gasteiger partial charge in [0.2, 0.25) is 0 Å². The Kier molecular flexibility index (Phi) is 5.60. The van der Waals surface area contributed by atoms with Crippen molar-refractivity contribution in [2.45, 2.75) is 39.0 Å². The van der Waals surface area contributed by atoms with E-state index in [0.717, 1.165) is 68.3 Å². The van der Waals surface area contributed by atoms with Gasteiger partial charge in [-0.25, -0.2) is 15.0 Å². The van der Waals surface area contributed by atoms with Gasteiger partial charge in [-0.2, -0.15) is 0 Å². The summed E-state index contributed by atoms with van der Waals surface area (Å²) in [4.78, 5) is 33.7. The van der Waals surface area contributed by atoms with Gasteiger partial charge >= 0.3 is 0 Å². The second-order valence-electron chi connectivity index (χ2n) is 7.95. The molecule has 0 aliphatic carbocycles. The lowest BCUT2D eigenvalue weighted by molar-refractivity contribution is 0.151. The van der Waals surface area contributed by atoms with Crippen LogP contribution in [0.4, 0.5) is 0 Å². The number of aromatic nitrogens is 4. The van der Waals surface area contributed by atoms with E-state index < -0.39 is 0 Å². The Morgan fingerprint density at radius 2 is 2.07 bits per heavy atom. The maximum absolute atomic E-state index is 13.2. The van der Waals surface area contributed by atoms with Gasteiger partial charge in [-0.1, -0.05) is 6.92 Å². The number of piperazine rings is 1. The highest BCUT2D eigenvalue weighted by Crippen LogP contribution is 2.34. The zero-order chi connectivity index (χ0) is 20.5. The molecule has 2 aliphatic heterocycles. The fourth-order valence-electron chi connectivity index (χ4n) is 4.48. The highest BCUT2D eigenvalue weighted by atomic mass is 32.1. The molecular weight excluding hydrogens is 398 g/mol. The van der Waals surface area contributed by atoms with Gasteiger partial charge in [-0.15, -0.1) is 11.3 Å². The van der Waals surface area contributed by atoms with Gasteiger partial charge < -0.3 is 5.32 Å². The lowest BCUT2D eigenvalue weighted by atomic mass is 10.1. The number of fused-ring (bicyclic) bond motifs is 3. The van der Waals surface area contributed by atoms with Crippen molar-refractivity contribution in [3.05, 3.63) is 51.4 Å². The van der Waals surface area contributed by atoms with Crippen LogP contribution in [0.5, 0.6) is 0 Å². The van der Waals surface area contributed by atoms with Crippen molar-refractivity contribution < 1.29 is 0 Å². The van der Waals surface area contributed by atoms with Crippen LogP contribution >= 0.6 is 11.3 Å². The molecule has 3 aromatic rings. The van der Waals surface area contributed by atoms with E-state index in [-0.39, 0.29) is 11.6 Å². The van der Waals surface area contributed by atoms with Gasteiger partial charge in [0.05, 0.1) is 17.8 Å². The molecule has 158 valence electrons. The standard InChI is InChI=1S/C21H27N7OS/c1-2-26-12-15-17(13-26)30-20-18(15)21(29)28(14-25-20)9-4-8-27-10-7-22-11-16(27)19-23-5-3-6-24-19/h3,5-6,14,16,22H,2,4,7-13H2,1H3. The van der Waals surface area contributed by atoms with Crippen molar-refractivity contribution in [3.63, 3.8) is 0 Å². The summed E-state index contributed by atoms with van der Waals surface area (Å²) in [5.74, 6) is 0.860. The third-order valence-corrected chi connectivity index (χ3v) is 7.26. The maximum atomic E-state index is 13.2. The number of thiophene rings is 1. The van der Waals surface area contributed by atoms with Crippen molar-refractivity contribution in [3.8, 4) is 0 Å². The van der Waals surface area contributed by atoms with Crippen LogP contribution in [-0.4, -0.2) is 62.0 Å². The maximum Gasteiger partial charge on any atom is 0.262 e. The number of nitrogens with zero attached hydrogens (tertiary/aromatic N) is 6. The van der Waals surface area contributed by atoms with E-state index in [4.69, 9.17) is 0 Å². The minimum atomic E-state index is 0.110. The second-order valence-corrected chi connectivity index (χ2v) is 9.03. The summed E-state index contributed by atoms with van der Waals surface area (Å²) in [7, 11) is 0. The first kappa shape index (κ1) is 19.7. The predicted octanol–water partition coefficient (Wildman–Crippen LogP) is 1.62. The molecule has 0 radical (unpaired) electrons. The Labute approximate surface area is 179 Å². The molecule has 0 aromatic carbocycles. The Morgan fingerprint density at radius 3 is 2.90 bits per heavy atom. The quantitative estimate of drug-likeness (QED) is 0.643. The lowest BCUT2D eigenvalue weighted by Gasteiger charge is -2.35. The summed E-state index contributed by atoms with van der Waals surface area (Å²) >= 11 is 1.68. The average molecular weight is 426 g/mol. The van der Waals surface area contributed by atoms with E-state index in [0.29, 0.717) is 6.54 Å². The summed E-state index contributed by atoms with van der Waals surface area (Å²) in [6.07, 6.45) is 6.22. The van der Waals surface area contributed by atoms with Gasteiger partial charge in [-0.3, -0.25) is 19.2 Å². The summed E-state index contributed by atoms with van der Waals surface area (Å²) < 4.78 is 1.79. The first-order valence-electron chi connectivity index (χ1n) is 10.7. The molecule has 5 heterocycles. The number of aryl methyl sites for hydroxylation is 1. The van der Waals surface area contributed by atoms with Crippen LogP contribution in [0.3, 0.4) is 0 Å². The number of rotatable bonds is 6. The Bertz CT molecular complexity index is 1080. The molecule has 1 saturated heterocycles. The van der Waals surface area contributed by atoms with Crippen LogP contribution in [-0.2, 0) is 19.6 Å². The van der Waals surface area contributed by atoms with Gasteiger partial charge in [-0.05, 0) is 24.6 Å². The van der Waals surface area contributed by atoms with Crippen molar-refractivity contribution >= 4 is 21.6 Å². The van der Waals surface area contributed by atoms with Crippen LogP contribution in [0.1, 0.15) is 35.7 Å². The largest absolute Gasteiger partial charge is 0.313 e. The molecule has 30 heavy (non-hydrogen) atoms. The molecule has 1 fully saturated rings. The molecule has 5 rings (SSSR count). The van der Waals surface area contributed by atoms with E-state index in [1.54, 1.807) is 34.6 Å². The minimum Gasteiger partial charge on any atom is -0.313 e. The third kappa shape index (κ3) is 3.66. The second kappa shape index (κ2) is 8.50. The van der Waals surface area contributed by atoms with E-state index in [1.807, 2.05) is 6.07 Å². The number of hydrogen-bond acceptors (Lipinski definition) is 8. The molecule has 8 nitrogen and oxygen atoms in total. The van der Waals surface area contributed by atoms with Gasteiger partial charge in [0, 0.05) is 63.1 Å². The monoisotopic (exact) mass is 425 g/mol. The van der Waals surface area contributed by atoms with Crippen molar-refractivity contribution in [2.24, 2.45) is 0 Å². The van der Waals surface area contributed by atoms with E-state index >= 15 is 0 Å². The highest BCUT2D eigenvalue weighted by molar-refractivity contribution is 7.18. The first-order chi connectivity index (χ1) is 14.7. The normalized spacial score (nSPS) is 20.1. The van der Waals surface area contributed by atoms with Crippen molar-refractivity contribution in [1.29, 1.82) is 0 Å². The molecular formula is C21H27N7OS. The highest BCUT2D eigenvalue weighted by Gasteiger charge is 2.27. The van der Waals surface area contributed by atoms with Gasteiger partial charge in [0.1, 0.15) is 10.7 Å². The van der Waals surface area contributed by atoms with Crippen LogP contribution in [0.25, 0.3) is 10.2 Å². The van der Waals surface area contributed by atoms with Crippen LogP contribution in [0.15, 0.2) is 29.6 Å². The molecule has 0 bridgehead atoms. The molecule has 0 spiro atoms. The smallest absolute Gasteiger partial charge is 0.262 e. The zero-order valence-corrected chi connectivity index (χ0v) is 18.1. The summed E-state index contributed by atoms with van der Waals surface area (Å²) in [5.41, 5.74) is 1.31. The molecule has 9 heteroatoms. The number of nitrogens with one attached hydrogen (secondary N) is 1. The number of hydrogen-bond donors (Lipinski definition) is 1. The Hall–Kier alpha value is -2.20. The average Bonchev–Trinajstić information content (AvgIpc) is 3.34. The molecule has 0 amide bonds. The zero-order valence-electron chi connectivity index (χ0n) is 17.3. The third-order valence-electron chi connectivity index (χ3n) is 6.14. The van der Waals surface area contributed by atoms with Crippen LogP contribution in [0.2, 0.25) is 0 Å². The molecule has 3 aromatic heterocycles. The van der Waals surface area contributed by atoms with Crippen LogP contribution in [0, 0.1) is 0 Å². The lowest BCUT2D eigenvalue weighted by Crippen LogP contribution is -2.47. The summed E-state index contributed by atoms with van der Waals surface area (Å²) in [5, 5.41) is 4.28. The molecule has 0 saturated carbocycles. The van der Waals surface area contributed by atoms with E-state index in [2.05, 4.69) is 37.0 Å². The molecule has 2 aliphatic rings. The van der Waals surface area contributed by atoms with Crippen molar-refractivity contribution in [2.75, 3.05) is 32.7 Å². The summed E-state index contributed by atoms with van der Waals surface area (Å²) in [6.45, 7) is 9.34. The SMILES string of the molecule is CCN1Cc2sc3ncn(CCCN4CCNCC4c4ncccn4)c(=O)c3c2C1. The fraction of sp³-hybridized carbons (Fsp3) is 0.524. The van der Waals surface area contributed by atoms with E-state index in [9.17, 15) is 4.79 Å². The Balaban J connectivity index is 1.30. The predicted molar refractivity (Wildman–Crippen MR) is 118 cm³/mol. The molecule has 1 N–H and O–H groups in total. The molecule has 1 atom stereocenters. The summed E-state index contributed by atoms with van der Waals surface area (Å²) in [6, 6.07) is 2.03. The van der Waals surface area contributed by atoms with Crippen molar-refractivity contribution in [1.82, 2.24) is 34.6 Å². The fourth-order valence-corrected chi connectivity index (χ4v) is 5.67. The van der Waals surface area contributed by atoms with Crippen LogP contribution < -0.4 is 10.9 Å². The van der Waals surface area contributed by atoms with E-state index in [1.165, 1.54) is 10.4 Å². The first-order valence-corrected chi connectivity index (χ1v) is 11.5. The Morgan fingerprint density at radius 1 is 1.20 bits per heavy atom. The molecule has 1 unspecified atom stereocenters. The topological polar surface area (TPSA) is 79.2 Å². The minimum absolute atomic E-state index is 0.110. The van der Waals surface area contributed by atoms with Gasteiger partial charge in [0.25, 0.3) is 5.56 Å². The van der Waals surface area contributed by atoms with Gasteiger partial charge in [0.15, 0.2) is 0 Å².